The third kappa shape index (κ3) is 2.76. The summed E-state index contributed by atoms with van der Waals surface area (Å²) in [5.74, 6) is -3.16. The fraction of sp³-hybridized carbons (Fsp3) is 0.188. The fourth-order valence-electron chi connectivity index (χ4n) is 2.56. The van der Waals surface area contributed by atoms with Crippen LogP contribution in [-0.2, 0) is 15.3 Å². The van der Waals surface area contributed by atoms with Crippen LogP contribution in [0.15, 0.2) is 39.3 Å². The number of benzene rings is 2. The van der Waals surface area contributed by atoms with Gasteiger partial charge in [0.2, 0.25) is 5.79 Å². The Balaban J connectivity index is 2.30. The number of carbonyl (C=O) groups excluding carboxylic acids is 1. The van der Waals surface area contributed by atoms with Gasteiger partial charge in [0, 0.05) is 8.95 Å². The van der Waals surface area contributed by atoms with E-state index in [-0.39, 0.29) is 29.9 Å². The molecule has 3 nitrogen and oxygen atoms in total. The maximum atomic E-state index is 14.8. The minimum Gasteiger partial charge on any atom is -0.340 e. The minimum absolute atomic E-state index is 0.0425. The first kappa shape index (κ1) is 16.7. The molecule has 2 aromatic rings. The molecule has 0 spiro atoms. The highest BCUT2D eigenvalue weighted by molar-refractivity contribution is 9.10. The predicted octanol–water partition coefficient (Wildman–Crippen LogP) is 4.55. The molecule has 1 aliphatic rings. The van der Waals surface area contributed by atoms with Gasteiger partial charge in [-0.3, -0.25) is 4.79 Å². The molecule has 120 valence electrons. The standard InChI is InChI=1S/C16H10Br2F2O3/c17-10-2-3-11(13(19)7-10)16(22-5-6-23-16)14-12(18)4-1-9(8-21)15(14)20/h1-4,7-8H,5-6H2. The summed E-state index contributed by atoms with van der Waals surface area (Å²) in [6.07, 6.45) is 0.395. The van der Waals surface area contributed by atoms with Gasteiger partial charge in [-0.1, -0.05) is 31.9 Å². The monoisotopic (exact) mass is 446 g/mol. The van der Waals surface area contributed by atoms with Gasteiger partial charge in [-0.2, -0.15) is 0 Å². The van der Waals surface area contributed by atoms with Crippen LogP contribution in [0.3, 0.4) is 0 Å². The van der Waals surface area contributed by atoms with Crippen molar-refractivity contribution >= 4 is 38.1 Å². The zero-order chi connectivity index (χ0) is 16.6. The molecule has 0 bridgehead atoms. The molecule has 0 atom stereocenters. The predicted molar refractivity (Wildman–Crippen MR) is 86.3 cm³/mol. The normalized spacial score (nSPS) is 16.5. The topological polar surface area (TPSA) is 35.5 Å². The summed E-state index contributed by atoms with van der Waals surface area (Å²) in [5.41, 5.74) is -0.166. The summed E-state index contributed by atoms with van der Waals surface area (Å²) in [7, 11) is 0. The maximum Gasteiger partial charge on any atom is 0.229 e. The zero-order valence-corrected chi connectivity index (χ0v) is 14.8. The second-order valence-electron chi connectivity index (χ2n) is 4.88. The number of rotatable bonds is 3. The first-order chi connectivity index (χ1) is 11.0. The van der Waals surface area contributed by atoms with Crippen molar-refractivity contribution in [1.82, 2.24) is 0 Å². The van der Waals surface area contributed by atoms with Crippen LogP contribution in [0.5, 0.6) is 0 Å². The Labute approximate surface area is 147 Å². The van der Waals surface area contributed by atoms with Crippen LogP contribution in [-0.4, -0.2) is 19.5 Å². The van der Waals surface area contributed by atoms with Gasteiger partial charge in [-0.25, -0.2) is 8.78 Å². The Morgan fingerprint density at radius 1 is 1.09 bits per heavy atom. The quantitative estimate of drug-likeness (QED) is 0.647. The lowest BCUT2D eigenvalue weighted by Gasteiger charge is -2.30. The number of ether oxygens (including phenoxy) is 2. The second-order valence-corrected chi connectivity index (χ2v) is 6.65. The van der Waals surface area contributed by atoms with Gasteiger partial charge in [0.15, 0.2) is 6.29 Å². The van der Waals surface area contributed by atoms with E-state index in [2.05, 4.69) is 31.9 Å². The highest BCUT2D eigenvalue weighted by atomic mass is 79.9. The van der Waals surface area contributed by atoms with Gasteiger partial charge >= 0.3 is 0 Å². The molecule has 1 saturated heterocycles. The van der Waals surface area contributed by atoms with Crippen LogP contribution in [0, 0.1) is 11.6 Å². The third-order valence-corrected chi connectivity index (χ3v) is 4.71. The lowest BCUT2D eigenvalue weighted by Crippen LogP contribution is -2.32. The highest BCUT2D eigenvalue weighted by Gasteiger charge is 2.46. The van der Waals surface area contributed by atoms with Crippen molar-refractivity contribution in [2.75, 3.05) is 13.2 Å². The smallest absolute Gasteiger partial charge is 0.229 e. The second kappa shape index (κ2) is 6.39. The van der Waals surface area contributed by atoms with Gasteiger partial charge in [0.1, 0.15) is 11.6 Å². The maximum absolute atomic E-state index is 14.8. The van der Waals surface area contributed by atoms with Gasteiger partial charge in [0.25, 0.3) is 0 Å². The molecule has 0 aromatic heterocycles. The van der Waals surface area contributed by atoms with E-state index >= 15 is 0 Å². The van der Waals surface area contributed by atoms with Crippen molar-refractivity contribution in [1.29, 1.82) is 0 Å². The summed E-state index contributed by atoms with van der Waals surface area (Å²) < 4.78 is 41.4. The number of carbonyl (C=O) groups is 1. The van der Waals surface area contributed by atoms with Crippen LogP contribution in [0.1, 0.15) is 21.5 Å². The van der Waals surface area contributed by atoms with Crippen molar-refractivity contribution < 1.29 is 23.0 Å². The molecule has 1 aliphatic heterocycles. The van der Waals surface area contributed by atoms with Crippen molar-refractivity contribution in [3.8, 4) is 0 Å². The van der Waals surface area contributed by atoms with Crippen LogP contribution in [0.2, 0.25) is 0 Å². The number of halogens is 4. The van der Waals surface area contributed by atoms with Crippen molar-refractivity contribution in [3.05, 3.63) is 67.6 Å². The Bertz CT molecular complexity index is 774. The van der Waals surface area contributed by atoms with Crippen molar-refractivity contribution in [2.45, 2.75) is 5.79 Å². The first-order valence-electron chi connectivity index (χ1n) is 6.66. The van der Waals surface area contributed by atoms with E-state index in [0.717, 1.165) is 0 Å². The molecule has 1 heterocycles. The number of aldehydes is 1. The Morgan fingerprint density at radius 2 is 1.78 bits per heavy atom. The van der Waals surface area contributed by atoms with Gasteiger partial charge in [-0.05, 0) is 30.3 Å². The summed E-state index contributed by atoms with van der Waals surface area (Å²) in [6, 6.07) is 7.16. The Morgan fingerprint density at radius 3 is 2.39 bits per heavy atom. The summed E-state index contributed by atoms with van der Waals surface area (Å²) >= 11 is 6.42. The lowest BCUT2D eigenvalue weighted by atomic mass is 9.94. The molecular weight excluding hydrogens is 438 g/mol. The molecule has 2 aromatic carbocycles. The van der Waals surface area contributed by atoms with Crippen molar-refractivity contribution in [3.63, 3.8) is 0 Å². The van der Waals surface area contributed by atoms with Crippen LogP contribution >= 0.6 is 31.9 Å². The average molecular weight is 448 g/mol. The average Bonchev–Trinajstić information content (AvgIpc) is 2.97. The molecule has 0 amide bonds. The molecule has 0 N–H and O–H groups in total. The molecule has 0 saturated carbocycles. The molecule has 1 fully saturated rings. The minimum atomic E-state index is -1.74. The van der Waals surface area contributed by atoms with Crippen LogP contribution < -0.4 is 0 Å². The van der Waals surface area contributed by atoms with E-state index in [1.54, 1.807) is 6.07 Å². The van der Waals surface area contributed by atoms with Gasteiger partial charge in [0.05, 0.1) is 29.9 Å². The molecule has 3 rings (SSSR count). The lowest BCUT2D eigenvalue weighted by molar-refractivity contribution is -0.134. The van der Waals surface area contributed by atoms with E-state index in [9.17, 15) is 13.6 Å². The van der Waals surface area contributed by atoms with Crippen LogP contribution in [0.25, 0.3) is 0 Å². The van der Waals surface area contributed by atoms with E-state index < -0.39 is 17.4 Å². The summed E-state index contributed by atoms with van der Waals surface area (Å²) in [5, 5.41) is 0. The van der Waals surface area contributed by atoms with E-state index in [1.165, 1.54) is 24.3 Å². The molecule has 7 heteroatoms. The highest BCUT2D eigenvalue weighted by Crippen LogP contribution is 2.44. The number of hydrogen-bond acceptors (Lipinski definition) is 3. The number of hydrogen-bond donors (Lipinski definition) is 0. The van der Waals surface area contributed by atoms with Gasteiger partial charge in [-0.15, -0.1) is 0 Å². The summed E-state index contributed by atoms with van der Waals surface area (Å²) in [4.78, 5) is 11.0. The molecule has 0 unspecified atom stereocenters. The summed E-state index contributed by atoms with van der Waals surface area (Å²) in [6.45, 7) is 0.347. The first-order valence-corrected chi connectivity index (χ1v) is 8.25. The SMILES string of the molecule is O=Cc1ccc(Br)c(C2(c3ccc(Br)cc3F)OCCO2)c1F. The molecular formula is C16H10Br2F2O3. The zero-order valence-electron chi connectivity index (χ0n) is 11.6. The van der Waals surface area contributed by atoms with E-state index in [4.69, 9.17) is 9.47 Å². The van der Waals surface area contributed by atoms with Crippen LogP contribution in [0.4, 0.5) is 8.78 Å². The Kier molecular flexibility index (Phi) is 4.64. The molecule has 0 aliphatic carbocycles. The third-order valence-electron chi connectivity index (χ3n) is 3.56. The Hall–Kier alpha value is -1.15. The van der Waals surface area contributed by atoms with Crippen molar-refractivity contribution in [2.24, 2.45) is 0 Å². The van der Waals surface area contributed by atoms with Gasteiger partial charge < -0.3 is 9.47 Å². The fourth-order valence-corrected chi connectivity index (χ4v) is 3.47. The molecule has 0 radical (unpaired) electrons. The van der Waals surface area contributed by atoms with E-state index in [1.807, 2.05) is 0 Å². The molecule has 23 heavy (non-hydrogen) atoms. The largest absolute Gasteiger partial charge is 0.340 e. The van der Waals surface area contributed by atoms with E-state index in [0.29, 0.717) is 15.2 Å².